The maximum Gasteiger partial charge on any atom is 0.416 e. The average Bonchev–Trinajstić information content (AvgIpc) is 2.78. The number of piperidine rings is 1. The van der Waals surface area contributed by atoms with E-state index in [1.54, 1.807) is 0 Å². The number of nitrogens with zero attached hydrogens (tertiary/aromatic N) is 2. The number of esters is 1. The molecule has 10 heteroatoms. The Hall–Kier alpha value is -2.88. The highest BCUT2D eigenvalue weighted by Gasteiger charge is 2.32. The zero-order chi connectivity index (χ0) is 23.3. The molecular weight excluding hydrogens is 425 g/mol. The van der Waals surface area contributed by atoms with Gasteiger partial charge >= 0.3 is 12.1 Å². The summed E-state index contributed by atoms with van der Waals surface area (Å²) in [6.07, 6.45) is -1.99. The summed E-state index contributed by atoms with van der Waals surface area (Å²) in [6.45, 7) is 3.56. The molecule has 0 amide bonds. The molecule has 1 saturated heterocycles. The average molecular weight is 452 g/mol. The zero-order valence-corrected chi connectivity index (χ0v) is 18.3. The van der Waals surface area contributed by atoms with Crippen LogP contribution in [0.4, 0.5) is 19.0 Å². The van der Waals surface area contributed by atoms with Crippen LogP contribution in [-0.4, -0.2) is 49.5 Å². The number of hydrogen-bond acceptors (Lipinski definition) is 7. The molecule has 174 valence electrons. The lowest BCUT2D eigenvalue weighted by atomic mass is 9.97. The SMILES string of the molecule is COC(=O)CCc1c(N[C@@H]2CCCNC2)nnc(-c2ccc(C(F)(F)F)cc2OC)c1C. The number of rotatable bonds is 7. The van der Waals surface area contributed by atoms with E-state index in [0.717, 1.165) is 43.6 Å². The molecule has 1 aromatic heterocycles. The van der Waals surface area contributed by atoms with Crippen molar-refractivity contribution in [2.75, 3.05) is 32.6 Å². The molecule has 1 fully saturated rings. The number of carbonyl (C=O) groups is 1. The molecule has 2 heterocycles. The van der Waals surface area contributed by atoms with E-state index in [4.69, 9.17) is 9.47 Å². The van der Waals surface area contributed by atoms with Crippen LogP contribution in [0.3, 0.4) is 0 Å². The molecule has 1 aliphatic rings. The molecule has 1 aromatic carbocycles. The van der Waals surface area contributed by atoms with Crippen LogP contribution in [0.25, 0.3) is 11.3 Å². The van der Waals surface area contributed by atoms with E-state index in [-0.39, 0.29) is 24.2 Å². The number of anilines is 1. The van der Waals surface area contributed by atoms with Gasteiger partial charge in [-0.1, -0.05) is 0 Å². The summed E-state index contributed by atoms with van der Waals surface area (Å²) in [5.41, 5.74) is 1.48. The highest BCUT2D eigenvalue weighted by atomic mass is 19.4. The van der Waals surface area contributed by atoms with E-state index in [2.05, 4.69) is 20.8 Å². The van der Waals surface area contributed by atoms with Gasteiger partial charge in [0.25, 0.3) is 0 Å². The van der Waals surface area contributed by atoms with Crippen LogP contribution in [-0.2, 0) is 22.1 Å². The van der Waals surface area contributed by atoms with Crippen molar-refractivity contribution in [1.29, 1.82) is 0 Å². The lowest BCUT2D eigenvalue weighted by Gasteiger charge is -2.26. The van der Waals surface area contributed by atoms with Crippen molar-refractivity contribution in [3.8, 4) is 17.0 Å². The Morgan fingerprint density at radius 3 is 2.69 bits per heavy atom. The van der Waals surface area contributed by atoms with E-state index >= 15 is 0 Å². The van der Waals surface area contributed by atoms with Gasteiger partial charge in [0.2, 0.25) is 0 Å². The molecule has 0 aliphatic carbocycles. The number of alkyl halides is 3. The third-order valence-electron chi connectivity index (χ3n) is 5.57. The summed E-state index contributed by atoms with van der Waals surface area (Å²) < 4.78 is 49.4. The van der Waals surface area contributed by atoms with Crippen LogP contribution >= 0.6 is 0 Å². The maximum absolute atomic E-state index is 13.1. The van der Waals surface area contributed by atoms with Crippen LogP contribution in [0.1, 0.15) is 36.0 Å². The molecule has 7 nitrogen and oxygen atoms in total. The first-order chi connectivity index (χ1) is 15.2. The van der Waals surface area contributed by atoms with Crippen molar-refractivity contribution in [2.45, 2.75) is 44.8 Å². The summed E-state index contributed by atoms with van der Waals surface area (Å²) >= 11 is 0. The van der Waals surface area contributed by atoms with Gasteiger partial charge in [0.15, 0.2) is 5.82 Å². The third kappa shape index (κ3) is 5.48. The monoisotopic (exact) mass is 452 g/mol. The van der Waals surface area contributed by atoms with Crippen molar-refractivity contribution in [3.05, 3.63) is 34.9 Å². The second-order valence-corrected chi connectivity index (χ2v) is 7.68. The molecule has 2 N–H and O–H groups in total. The number of methoxy groups -OCH3 is 2. The first-order valence-electron chi connectivity index (χ1n) is 10.4. The van der Waals surface area contributed by atoms with E-state index < -0.39 is 11.7 Å². The highest BCUT2D eigenvalue weighted by molar-refractivity contribution is 5.74. The Labute approximate surface area is 184 Å². The lowest BCUT2D eigenvalue weighted by Crippen LogP contribution is -2.39. The molecule has 0 radical (unpaired) electrons. The van der Waals surface area contributed by atoms with Gasteiger partial charge in [-0.25, -0.2) is 0 Å². The van der Waals surface area contributed by atoms with Crippen LogP contribution in [0.2, 0.25) is 0 Å². The number of halogens is 3. The fraction of sp³-hybridized carbons (Fsp3) is 0.500. The first kappa shape index (κ1) is 23.8. The quantitative estimate of drug-likeness (QED) is 0.619. The van der Waals surface area contributed by atoms with Gasteiger partial charge in [0.1, 0.15) is 5.75 Å². The molecule has 1 atom stereocenters. The Balaban J connectivity index is 2.02. The molecule has 1 aliphatic heterocycles. The normalized spacial score (nSPS) is 16.5. The minimum Gasteiger partial charge on any atom is -0.496 e. The molecule has 0 spiro atoms. The molecule has 3 rings (SSSR count). The van der Waals surface area contributed by atoms with E-state index in [9.17, 15) is 18.0 Å². The third-order valence-corrected chi connectivity index (χ3v) is 5.57. The summed E-state index contributed by atoms with van der Waals surface area (Å²) in [6, 6.07) is 3.44. The fourth-order valence-electron chi connectivity index (χ4n) is 3.79. The molecule has 0 saturated carbocycles. The van der Waals surface area contributed by atoms with Crippen molar-refractivity contribution >= 4 is 11.8 Å². The summed E-state index contributed by atoms with van der Waals surface area (Å²) in [5, 5.41) is 15.4. The Morgan fingerprint density at radius 2 is 2.06 bits per heavy atom. The second-order valence-electron chi connectivity index (χ2n) is 7.68. The van der Waals surface area contributed by atoms with Crippen LogP contribution < -0.4 is 15.4 Å². The van der Waals surface area contributed by atoms with Crippen LogP contribution in [0, 0.1) is 6.92 Å². The van der Waals surface area contributed by atoms with E-state index in [1.807, 2.05) is 6.92 Å². The number of nitrogens with one attached hydrogen (secondary N) is 2. The largest absolute Gasteiger partial charge is 0.496 e. The smallest absolute Gasteiger partial charge is 0.416 e. The molecule has 2 aromatic rings. The van der Waals surface area contributed by atoms with Gasteiger partial charge in [-0.05, 0) is 56.5 Å². The van der Waals surface area contributed by atoms with Crippen molar-refractivity contribution in [2.24, 2.45) is 0 Å². The fourth-order valence-corrected chi connectivity index (χ4v) is 3.79. The lowest BCUT2D eigenvalue weighted by molar-refractivity contribution is -0.140. The summed E-state index contributed by atoms with van der Waals surface area (Å²) in [4.78, 5) is 11.8. The molecule has 0 bridgehead atoms. The predicted molar refractivity (Wildman–Crippen MR) is 114 cm³/mol. The molecule has 0 unspecified atom stereocenters. The van der Waals surface area contributed by atoms with Crippen molar-refractivity contribution in [3.63, 3.8) is 0 Å². The second kappa shape index (κ2) is 10.2. The Morgan fingerprint density at radius 1 is 1.28 bits per heavy atom. The maximum atomic E-state index is 13.1. The van der Waals surface area contributed by atoms with E-state index in [0.29, 0.717) is 29.1 Å². The van der Waals surface area contributed by atoms with Crippen molar-refractivity contribution < 1.29 is 27.4 Å². The molecular formula is C22H27F3N4O3. The minimum atomic E-state index is -4.49. The standard InChI is InChI=1S/C22H27F3N4O3/c1-13-16(8-9-19(30)32-3)21(27-15-5-4-10-26-12-15)29-28-20(13)17-7-6-14(22(23,24)25)11-18(17)31-2/h6-7,11,15,26H,4-5,8-10,12H2,1-3H3,(H,27,29)/t15-/m1/s1. The summed E-state index contributed by atoms with van der Waals surface area (Å²) in [7, 11) is 2.64. The molecule has 32 heavy (non-hydrogen) atoms. The number of hydrogen-bond donors (Lipinski definition) is 2. The van der Waals surface area contributed by atoms with Crippen molar-refractivity contribution in [1.82, 2.24) is 15.5 Å². The first-order valence-corrected chi connectivity index (χ1v) is 10.4. The number of carbonyl (C=O) groups excluding carboxylic acids is 1. The predicted octanol–water partition coefficient (Wildman–Crippen LogP) is 3.75. The Bertz CT molecular complexity index is 960. The van der Waals surface area contributed by atoms with Gasteiger partial charge in [-0.15, -0.1) is 10.2 Å². The van der Waals surface area contributed by atoms with Gasteiger partial charge in [-0.2, -0.15) is 13.2 Å². The minimum absolute atomic E-state index is 0.0494. The van der Waals surface area contributed by atoms with Gasteiger partial charge in [0, 0.05) is 30.1 Å². The zero-order valence-electron chi connectivity index (χ0n) is 18.3. The number of benzene rings is 1. The summed E-state index contributed by atoms with van der Waals surface area (Å²) in [5.74, 6) is 0.253. The van der Waals surface area contributed by atoms with Gasteiger partial charge in [-0.3, -0.25) is 4.79 Å². The number of aromatic nitrogens is 2. The van der Waals surface area contributed by atoms with Gasteiger partial charge < -0.3 is 20.1 Å². The van der Waals surface area contributed by atoms with Gasteiger partial charge in [0.05, 0.1) is 25.5 Å². The topological polar surface area (TPSA) is 85.4 Å². The van der Waals surface area contributed by atoms with Crippen LogP contribution in [0.5, 0.6) is 5.75 Å². The van der Waals surface area contributed by atoms with E-state index in [1.165, 1.54) is 20.3 Å². The van der Waals surface area contributed by atoms with Crippen LogP contribution in [0.15, 0.2) is 18.2 Å². The Kier molecular flexibility index (Phi) is 7.55. The highest BCUT2D eigenvalue weighted by Crippen LogP contribution is 2.38. The number of ether oxygens (including phenoxy) is 2.